The topological polar surface area (TPSA) is 62.5 Å². The van der Waals surface area contributed by atoms with E-state index in [4.69, 9.17) is 15.0 Å². The lowest BCUT2D eigenvalue weighted by molar-refractivity contribution is 1.07. The Morgan fingerprint density at radius 2 is 0.742 bits per heavy atom. The predicted octanol–water partition coefficient (Wildman–Crippen LogP) is 14.9. The third-order valence-electron chi connectivity index (χ3n) is 12.3. The molecule has 1 aliphatic rings. The molecule has 0 unspecified atom stereocenters. The zero-order chi connectivity index (χ0) is 41.1. The first-order valence-electron chi connectivity index (χ1n) is 20.8. The van der Waals surface area contributed by atoms with Crippen molar-refractivity contribution in [1.29, 1.82) is 5.26 Å². The largest absolute Gasteiger partial charge is 0.208 e. The fourth-order valence-electron chi connectivity index (χ4n) is 9.35. The Morgan fingerprint density at radius 1 is 0.290 bits per heavy atom. The van der Waals surface area contributed by atoms with E-state index in [0.717, 1.165) is 49.7 Å². The first-order chi connectivity index (χ1) is 30.7. The minimum atomic E-state index is 0.637. The van der Waals surface area contributed by atoms with Crippen LogP contribution in [0.3, 0.4) is 0 Å². The molecule has 0 N–H and O–H groups in total. The van der Waals surface area contributed by atoms with E-state index in [1.54, 1.807) is 0 Å². The monoisotopic (exact) mass is 786 g/mol. The molecule has 1 aromatic heterocycles. The molecule has 4 heteroatoms. The molecule has 0 radical (unpaired) electrons. The van der Waals surface area contributed by atoms with Gasteiger partial charge < -0.3 is 0 Å². The van der Waals surface area contributed by atoms with Crippen molar-refractivity contribution in [2.24, 2.45) is 0 Å². The van der Waals surface area contributed by atoms with Gasteiger partial charge in [-0.3, -0.25) is 0 Å². The first-order valence-corrected chi connectivity index (χ1v) is 20.8. The zero-order valence-corrected chi connectivity index (χ0v) is 33.4. The molecule has 11 aromatic rings. The molecule has 0 amide bonds. The van der Waals surface area contributed by atoms with E-state index in [9.17, 15) is 5.26 Å². The smallest absolute Gasteiger partial charge is 0.164 e. The van der Waals surface area contributed by atoms with Crippen LogP contribution in [-0.2, 0) is 0 Å². The minimum Gasteiger partial charge on any atom is -0.208 e. The van der Waals surface area contributed by atoms with Gasteiger partial charge in [0.2, 0.25) is 0 Å². The molecule has 1 aliphatic carbocycles. The van der Waals surface area contributed by atoms with Crippen LogP contribution in [-0.4, -0.2) is 15.0 Å². The Labute approximate surface area is 358 Å². The minimum absolute atomic E-state index is 0.637. The third kappa shape index (κ3) is 5.79. The number of nitrogens with zero attached hydrogens (tertiary/aromatic N) is 4. The number of aromatic nitrogens is 3. The van der Waals surface area contributed by atoms with Crippen molar-refractivity contribution >= 4 is 32.3 Å². The van der Waals surface area contributed by atoms with E-state index in [0.29, 0.717) is 23.0 Å². The number of benzene rings is 10. The van der Waals surface area contributed by atoms with Crippen LogP contribution in [0.5, 0.6) is 0 Å². The van der Waals surface area contributed by atoms with Gasteiger partial charge in [-0.1, -0.05) is 188 Å². The molecular formula is C58H34N4. The summed E-state index contributed by atoms with van der Waals surface area (Å²) in [7, 11) is 0. The number of hydrogen-bond donors (Lipinski definition) is 0. The molecule has 0 fully saturated rings. The van der Waals surface area contributed by atoms with Gasteiger partial charge in [0.15, 0.2) is 17.5 Å². The second-order valence-corrected chi connectivity index (χ2v) is 15.8. The van der Waals surface area contributed by atoms with Gasteiger partial charge in [0, 0.05) is 16.7 Å². The van der Waals surface area contributed by atoms with Crippen LogP contribution in [0.4, 0.5) is 0 Å². The summed E-state index contributed by atoms with van der Waals surface area (Å²) in [6, 6.07) is 74.8. The number of rotatable bonds is 6. The highest BCUT2D eigenvalue weighted by Crippen LogP contribution is 2.52. The fraction of sp³-hybridized carbons (Fsp3) is 0. The molecule has 0 aliphatic heterocycles. The Bertz CT molecular complexity index is 3520. The normalized spacial score (nSPS) is 11.5. The van der Waals surface area contributed by atoms with E-state index in [1.165, 1.54) is 54.9 Å². The maximum atomic E-state index is 9.54. The van der Waals surface area contributed by atoms with Crippen LogP contribution >= 0.6 is 0 Å². The summed E-state index contributed by atoms with van der Waals surface area (Å²) in [6.45, 7) is 0. The predicted molar refractivity (Wildman–Crippen MR) is 254 cm³/mol. The first kappa shape index (κ1) is 35.4. The lowest BCUT2D eigenvalue weighted by Crippen LogP contribution is -2.00. The van der Waals surface area contributed by atoms with E-state index >= 15 is 0 Å². The summed E-state index contributed by atoms with van der Waals surface area (Å²) < 4.78 is 0. The standard InChI is InChI=1S/C58H34N4/c59-35-36-18-20-38(21-19-36)45-30-32-51-47-14-7-8-15-48(47)52-33-31-46(54(45)55(51)52)39-24-22-37(23-25-39)44-16-9-17-49-50(44)29-28-40-26-27-43(34-53(40)49)58-61-56(41-10-3-1-4-11-41)60-57(62-58)42-12-5-2-6-13-42/h1-34H. The van der Waals surface area contributed by atoms with Crippen LogP contribution in [0.2, 0.25) is 0 Å². The van der Waals surface area contributed by atoms with Gasteiger partial charge in [0.1, 0.15) is 0 Å². The van der Waals surface area contributed by atoms with Gasteiger partial charge >= 0.3 is 0 Å². The summed E-state index contributed by atoms with van der Waals surface area (Å²) in [5.74, 6) is 1.93. The van der Waals surface area contributed by atoms with Crippen molar-refractivity contribution in [3.63, 3.8) is 0 Å². The highest BCUT2D eigenvalue weighted by atomic mass is 15.0. The van der Waals surface area contributed by atoms with Crippen LogP contribution in [0.1, 0.15) is 5.56 Å². The second kappa shape index (κ2) is 14.3. The second-order valence-electron chi connectivity index (χ2n) is 15.8. The van der Waals surface area contributed by atoms with Gasteiger partial charge in [-0.05, 0) is 106 Å². The summed E-state index contributed by atoms with van der Waals surface area (Å²) in [5, 5.41) is 16.7. The van der Waals surface area contributed by atoms with Crippen LogP contribution in [0.15, 0.2) is 206 Å². The highest BCUT2D eigenvalue weighted by molar-refractivity contribution is 6.22. The molecule has 12 rings (SSSR count). The van der Waals surface area contributed by atoms with E-state index in [1.807, 2.05) is 72.8 Å². The van der Waals surface area contributed by atoms with E-state index in [-0.39, 0.29) is 0 Å². The van der Waals surface area contributed by atoms with Crippen LogP contribution in [0, 0.1) is 11.3 Å². The van der Waals surface area contributed by atoms with Gasteiger partial charge in [-0.25, -0.2) is 15.0 Å². The zero-order valence-electron chi connectivity index (χ0n) is 33.4. The van der Waals surface area contributed by atoms with Crippen molar-refractivity contribution in [2.75, 3.05) is 0 Å². The molecule has 1 heterocycles. The molecule has 0 spiro atoms. The third-order valence-corrected chi connectivity index (χ3v) is 12.3. The Balaban J connectivity index is 0.966. The quantitative estimate of drug-likeness (QED) is 0.158. The molecule has 286 valence electrons. The molecule has 62 heavy (non-hydrogen) atoms. The molecular weight excluding hydrogens is 753 g/mol. The van der Waals surface area contributed by atoms with Gasteiger partial charge in [-0.2, -0.15) is 5.26 Å². The van der Waals surface area contributed by atoms with Gasteiger partial charge in [0.05, 0.1) is 11.6 Å². The number of nitriles is 1. The Hall–Kier alpha value is -8.52. The lowest BCUT2D eigenvalue weighted by atomic mass is 9.87. The van der Waals surface area contributed by atoms with Crippen molar-refractivity contribution in [1.82, 2.24) is 15.0 Å². The Kier molecular flexibility index (Phi) is 8.19. The maximum Gasteiger partial charge on any atom is 0.164 e. The van der Waals surface area contributed by atoms with E-state index < -0.39 is 0 Å². The molecule has 0 saturated carbocycles. The summed E-state index contributed by atoms with van der Waals surface area (Å²) in [6.07, 6.45) is 0. The summed E-state index contributed by atoms with van der Waals surface area (Å²) in [4.78, 5) is 15.0. The molecule has 0 atom stereocenters. The van der Waals surface area contributed by atoms with Crippen LogP contribution in [0.25, 0.3) is 122 Å². The molecule has 0 bridgehead atoms. The average molecular weight is 787 g/mol. The molecule has 10 aromatic carbocycles. The van der Waals surface area contributed by atoms with Crippen LogP contribution < -0.4 is 0 Å². The number of fused-ring (bicyclic) bond motifs is 6. The Morgan fingerprint density at radius 3 is 1.32 bits per heavy atom. The van der Waals surface area contributed by atoms with Crippen molar-refractivity contribution in [2.45, 2.75) is 0 Å². The lowest BCUT2D eigenvalue weighted by Gasteiger charge is -2.16. The van der Waals surface area contributed by atoms with Crippen molar-refractivity contribution < 1.29 is 0 Å². The highest BCUT2D eigenvalue weighted by Gasteiger charge is 2.25. The maximum absolute atomic E-state index is 9.54. The van der Waals surface area contributed by atoms with Crippen molar-refractivity contribution in [3.8, 4) is 95.9 Å². The SMILES string of the molecule is N#Cc1ccc(-c2ccc3c4c(ccc(-c5ccc(-c6cccc7c6ccc6ccc(-c8nc(-c9ccccc9)nc(-c9ccccc9)n8)cc67)cc5)c24)-c2ccccc2-3)cc1. The van der Waals surface area contributed by atoms with Gasteiger partial charge in [-0.15, -0.1) is 0 Å². The summed E-state index contributed by atoms with van der Waals surface area (Å²) in [5.41, 5.74) is 15.5. The van der Waals surface area contributed by atoms with Gasteiger partial charge in [0.25, 0.3) is 0 Å². The number of hydrogen-bond acceptors (Lipinski definition) is 4. The summed E-state index contributed by atoms with van der Waals surface area (Å²) >= 11 is 0. The fourth-order valence-corrected chi connectivity index (χ4v) is 9.35. The molecule has 0 saturated heterocycles. The molecule has 4 nitrogen and oxygen atoms in total. The van der Waals surface area contributed by atoms with E-state index in [2.05, 4.69) is 140 Å². The average Bonchev–Trinajstić information content (AvgIpc) is 3.68. The van der Waals surface area contributed by atoms with Crippen molar-refractivity contribution in [3.05, 3.63) is 212 Å².